The SMILES string of the molecule is COC(=O)CCCCCOc1ccccc1Nc1ncnc2cc(OC)c(OC(C)=O)cc12. The number of rotatable bonds is 11. The molecule has 0 fully saturated rings. The Morgan fingerprint density at radius 2 is 1.79 bits per heavy atom. The fourth-order valence-corrected chi connectivity index (χ4v) is 3.21. The second kappa shape index (κ2) is 11.7. The molecule has 174 valence electrons. The summed E-state index contributed by atoms with van der Waals surface area (Å²) in [6, 6.07) is 10.9. The van der Waals surface area contributed by atoms with Gasteiger partial charge in [0.2, 0.25) is 0 Å². The summed E-state index contributed by atoms with van der Waals surface area (Å²) in [7, 11) is 2.89. The number of carbonyl (C=O) groups excluding carboxylic acids is 2. The van der Waals surface area contributed by atoms with Crippen molar-refractivity contribution in [2.45, 2.75) is 32.6 Å². The summed E-state index contributed by atoms with van der Waals surface area (Å²) < 4.78 is 21.2. The number of fused-ring (bicyclic) bond motifs is 1. The topological polar surface area (TPSA) is 109 Å². The largest absolute Gasteiger partial charge is 0.493 e. The molecule has 1 aromatic heterocycles. The molecule has 9 nitrogen and oxygen atoms in total. The predicted molar refractivity (Wildman–Crippen MR) is 123 cm³/mol. The first kappa shape index (κ1) is 23.8. The molecule has 0 atom stereocenters. The zero-order valence-corrected chi connectivity index (χ0v) is 18.9. The number of hydrogen-bond donors (Lipinski definition) is 1. The molecule has 0 radical (unpaired) electrons. The molecule has 0 saturated heterocycles. The van der Waals surface area contributed by atoms with Crippen LogP contribution in [0.15, 0.2) is 42.7 Å². The van der Waals surface area contributed by atoms with Gasteiger partial charge in [-0.15, -0.1) is 0 Å². The van der Waals surface area contributed by atoms with Crippen molar-refractivity contribution in [1.82, 2.24) is 9.97 Å². The van der Waals surface area contributed by atoms with Crippen LogP contribution in [-0.4, -0.2) is 42.7 Å². The van der Waals surface area contributed by atoms with Gasteiger partial charge < -0.3 is 24.3 Å². The number of aromatic nitrogens is 2. The molecule has 0 aliphatic rings. The first-order valence-corrected chi connectivity index (χ1v) is 10.6. The molecule has 0 aliphatic carbocycles. The lowest BCUT2D eigenvalue weighted by Gasteiger charge is -2.15. The highest BCUT2D eigenvalue weighted by Gasteiger charge is 2.14. The maximum absolute atomic E-state index is 11.5. The van der Waals surface area contributed by atoms with Crippen LogP contribution in [-0.2, 0) is 14.3 Å². The molecule has 0 aliphatic heterocycles. The Morgan fingerprint density at radius 1 is 0.970 bits per heavy atom. The van der Waals surface area contributed by atoms with Crippen LogP contribution < -0.4 is 19.5 Å². The number of anilines is 2. The smallest absolute Gasteiger partial charge is 0.308 e. The molecule has 3 aromatic rings. The van der Waals surface area contributed by atoms with Crippen molar-refractivity contribution < 1.29 is 28.5 Å². The molecule has 0 saturated carbocycles. The molecule has 2 aromatic carbocycles. The minimum absolute atomic E-state index is 0.197. The van der Waals surface area contributed by atoms with Gasteiger partial charge in [0.15, 0.2) is 11.5 Å². The van der Waals surface area contributed by atoms with E-state index in [4.69, 9.17) is 14.2 Å². The molecule has 0 spiro atoms. The van der Waals surface area contributed by atoms with Gasteiger partial charge in [0, 0.05) is 24.8 Å². The van der Waals surface area contributed by atoms with Crippen LogP contribution in [0.25, 0.3) is 10.9 Å². The van der Waals surface area contributed by atoms with Crippen molar-refractivity contribution in [3.05, 3.63) is 42.7 Å². The Morgan fingerprint density at radius 3 is 2.55 bits per heavy atom. The van der Waals surface area contributed by atoms with Crippen molar-refractivity contribution in [3.8, 4) is 17.2 Å². The average molecular weight is 453 g/mol. The maximum Gasteiger partial charge on any atom is 0.308 e. The number of hydrogen-bond acceptors (Lipinski definition) is 9. The zero-order valence-electron chi connectivity index (χ0n) is 18.9. The normalized spacial score (nSPS) is 10.5. The second-order valence-electron chi connectivity index (χ2n) is 7.19. The number of esters is 2. The zero-order chi connectivity index (χ0) is 23.6. The van der Waals surface area contributed by atoms with Gasteiger partial charge in [-0.2, -0.15) is 0 Å². The third-order valence-corrected chi connectivity index (χ3v) is 4.83. The van der Waals surface area contributed by atoms with Crippen LogP contribution in [0.1, 0.15) is 32.6 Å². The van der Waals surface area contributed by atoms with Crippen molar-refractivity contribution in [3.63, 3.8) is 0 Å². The Hall–Kier alpha value is -3.88. The van der Waals surface area contributed by atoms with Gasteiger partial charge >= 0.3 is 11.9 Å². The number of benzene rings is 2. The van der Waals surface area contributed by atoms with E-state index in [1.54, 1.807) is 12.1 Å². The Kier molecular flexibility index (Phi) is 8.40. The summed E-state index contributed by atoms with van der Waals surface area (Å²) in [6.07, 6.45) is 4.29. The highest BCUT2D eigenvalue weighted by atomic mass is 16.6. The van der Waals surface area contributed by atoms with Crippen LogP contribution in [0.4, 0.5) is 11.5 Å². The summed E-state index contributed by atoms with van der Waals surface area (Å²) >= 11 is 0. The highest BCUT2D eigenvalue weighted by Crippen LogP contribution is 2.36. The number of methoxy groups -OCH3 is 2. The molecule has 0 amide bonds. The van der Waals surface area contributed by atoms with Gasteiger partial charge in [-0.3, -0.25) is 9.59 Å². The van der Waals surface area contributed by atoms with E-state index in [9.17, 15) is 9.59 Å². The van der Waals surface area contributed by atoms with Crippen molar-refractivity contribution in [2.24, 2.45) is 0 Å². The van der Waals surface area contributed by atoms with Gasteiger partial charge in [-0.25, -0.2) is 9.97 Å². The van der Waals surface area contributed by atoms with E-state index in [1.807, 2.05) is 24.3 Å². The van der Waals surface area contributed by atoms with Crippen molar-refractivity contribution in [1.29, 1.82) is 0 Å². The summed E-state index contributed by atoms with van der Waals surface area (Å²) in [4.78, 5) is 31.3. The lowest BCUT2D eigenvalue weighted by molar-refractivity contribution is -0.140. The first-order valence-electron chi connectivity index (χ1n) is 10.6. The maximum atomic E-state index is 11.5. The van der Waals surface area contributed by atoms with Crippen LogP contribution in [0.5, 0.6) is 17.2 Å². The molecule has 33 heavy (non-hydrogen) atoms. The summed E-state index contributed by atoms with van der Waals surface area (Å²) in [5, 5.41) is 3.95. The average Bonchev–Trinajstić information content (AvgIpc) is 2.81. The third kappa shape index (κ3) is 6.55. The molecule has 1 heterocycles. The minimum atomic E-state index is -0.454. The van der Waals surface area contributed by atoms with Crippen LogP contribution >= 0.6 is 0 Å². The lowest BCUT2D eigenvalue weighted by atomic mass is 10.2. The second-order valence-corrected chi connectivity index (χ2v) is 7.19. The Labute approximate surface area is 192 Å². The van der Waals surface area contributed by atoms with Crippen molar-refractivity contribution >= 4 is 34.3 Å². The van der Waals surface area contributed by atoms with Gasteiger partial charge in [0.05, 0.1) is 32.0 Å². The first-order chi connectivity index (χ1) is 16.0. The fourth-order valence-electron chi connectivity index (χ4n) is 3.21. The molecule has 9 heteroatoms. The van der Waals surface area contributed by atoms with E-state index in [-0.39, 0.29) is 11.7 Å². The van der Waals surface area contributed by atoms with E-state index >= 15 is 0 Å². The monoisotopic (exact) mass is 453 g/mol. The molecule has 3 rings (SSSR count). The molecular formula is C24H27N3O6. The standard InChI is InChI=1S/C24H27N3O6/c1-16(28)33-22-13-17-19(14-21(22)30-2)25-15-26-24(17)27-18-9-6-7-10-20(18)32-12-8-4-5-11-23(29)31-3/h6-7,9-10,13-15H,4-5,8,11-12H2,1-3H3,(H,25,26,27). The lowest BCUT2D eigenvalue weighted by Crippen LogP contribution is -2.05. The van der Waals surface area contributed by atoms with Crippen LogP contribution in [0.2, 0.25) is 0 Å². The predicted octanol–water partition coefficient (Wildman–Crippen LogP) is 4.42. The number of carbonyl (C=O) groups is 2. The number of nitrogens with one attached hydrogen (secondary N) is 1. The number of para-hydroxylation sites is 2. The summed E-state index contributed by atoms with van der Waals surface area (Å²) in [5.41, 5.74) is 1.36. The third-order valence-electron chi connectivity index (χ3n) is 4.83. The molecule has 1 N–H and O–H groups in total. The van der Waals surface area contributed by atoms with E-state index in [0.29, 0.717) is 41.2 Å². The number of ether oxygens (including phenoxy) is 4. The van der Waals surface area contributed by atoms with Crippen LogP contribution in [0.3, 0.4) is 0 Å². The highest BCUT2D eigenvalue weighted by molar-refractivity contribution is 5.94. The van der Waals surface area contributed by atoms with Gasteiger partial charge in [-0.1, -0.05) is 12.1 Å². The van der Waals surface area contributed by atoms with E-state index in [2.05, 4.69) is 20.0 Å². The number of nitrogens with zero attached hydrogens (tertiary/aromatic N) is 2. The summed E-state index contributed by atoms with van der Waals surface area (Å²) in [6.45, 7) is 1.84. The van der Waals surface area contributed by atoms with Crippen LogP contribution in [0, 0.1) is 0 Å². The van der Waals surface area contributed by atoms with Gasteiger partial charge in [-0.05, 0) is 37.5 Å². The molecular weight excluding hydrogens is 426 g/mol. The fraction of sp³-hybridized carbons (Fsp3) is 0.333. The molecule has 0 unspecified atom stereocenters. The number of unbranched alkanes of at least 4 members (excludes halogenated alkanes) is 2. The van der Waals surface area contributed by atoms with E-state index in [0.717, 1.165) is 24.9 Å². The van der Waals surface area contributed by atoms with Gasteiger partial charge in [0.25, 0.3) is 0 Å². The molecule has 0 bridgehead atoms. The Balaban J connectivity index is 1.75. The van der Waals surface area contributed by atoms with E-state index < -0.39 is 5.97 Å². The summed E-state index contributed by atoms with van der Waals surface area (Å²) in [5.74, 6) is 1.24. The van der Waals surface area contributed by atoms with Gasteiger partial charge in [0.1, 0.15) is 17.9 Å². The Bertz CT molecular complexity index is 1120. The quantitative estimate of drug-likeness (QED) is 0.256. The van der Waals surface area contributed by atoms with E-state index in [1.165, 1.54) is 27.5 Å². The minimum Gasteiger partial charge on any atom is -0.493 e. The van der Waals surface area contributed by atoms with Crippen molar-refractivity contribution in [2.75, 3.05) is 26.1 Å².